The zero-order valence-corrected chi connectivity index (χ0v) is 61.1. The standard InChI is InChI=1S/C52H67N2O2.C30H23N2O2.2ClH.2Pt/c1-3-5-7-9-11-13-15-17-19-21-38-55-49-32-26-43(27-33-49)47-30-36-51(53-41-47)45-24-23-25-46(40-45)52-37-31-48(42-54-52)44-28-34-50(35-29-44)56-39-22-20-18-16-14-12-10-8-6-4-2;1-33-27-12-6-21(7-13-27)25-10-16-29(31-19-25)23-4-3-5-24(18-23)30-17-11-26(20-32-30)22-8-14-28(34-2)15-9-22;;;;/h23-37,41-42H,3-22,38-39H2,1-2H3;3-17,19-20H,1-2H3;2*1H;;/q2*-1;;;2*+2/p-2. The fraction of sp³-hybridized carbons (Fsp3) is 0.317. The van der Waals surface area contributed by atoms with Crippen molar-refractivity contribution in [3.05, 3.63) is 219 Å². The molecule has 0 N–H and O–H groups in total. The van der Waals surface area contributed by atoms with Crippen LogP contribution >= 0.6 is 18.8 Å². The third kappa shape index (κ3) is 25.0. The van der Waals surface area contributed by atoms with Gasteiger partial charge in [-0.25, -0.2) is 0 Å². The van der Waals surface area contributed by atoms with Crippen molar-refractivity contribution in [3.8, 4) is 113 Å². The van der Waals surface area contributed by atoms with Gasteiger partial charge < -0.3 is 18.9 Å². The first kappa shape index (κ1) is 74.5. The van der Waals surface area contributed by atoms with Gasteiger partial charge >= 0.3 is 56.4 Å². The number of benzene rings is 6. The fourth-order valence-electron chi connectivity index (χ4n) is 11.0. The van der Waals surface area contributed by atoms with Gasteiger partial charge in [0.15, 0.2) is 0 Å². The normalized spacial score (nSPS) is 10.7. The number of unbranched alkanes of at least 4 members (excludes halogenated alkanes) is 18. The summed E-state index contributed by atoms with van der Waals surface area (Å²) in [6, 6.07) is 68.5. The van der Waals surface area contributed by atoms with Crippen molar-refractivity contribution in [2.45, 2.75) is 142 Å². The summed E-state index contributed by atoms with van der Waals surface area (Å²) in [7, 11) is 12.6. The predicted molar refractivity (Wildman–Crippen MR) is 385 cm³/mol. The molecule has 0 atom stereocenters. The Labute approximate surface area is 591 Å². The van der Waals surface area contributed by atoms with Crippen molar-refractivity contribution in [1.29, 1.82) is 0 Å². The number of halogens is 2. The van der Waals surface area contributed by atoms with E-state index >= 15 is 0 Å². The van der Waals surface area contributed by atoms with Crippen molar-refractivity contribution in [3.63, 3.8) is 0 Å². The van der Waals surface area contributed by atoms with Crippen LogP contribution in [0.5, 0.6) is 23.0 Å². The van der Waals surface area contributed by atoms with Gasteiger partial charge in [-0.3, -0.25) is 19.9 Å². The maximum atomic E-state index is 6.03. The van der Waals surface area contributed by atoms with Gasteiger partial charge in [0.2, 0.25) is 0 Å². The average Bonchev–Trinajstić information content (AvgIpc) is 0.860. The molecular formula is C82H90Cl2N4O4Pt2. The van der Waals surface area contributed by atoms with Crippen LogP contribution in [0.4, 0.5) is 0 Å². The van der Waals surface area contributed by atoms with Gasteiger partial charge in [-0.2, -0.15) is 0 Å². The molecule has 0 bridgehead atoms. The third-order valence-electron chi connectivity index (χ3n) is 16.5. The van der Waals surface area contributed by atoms with Crippen molar-refractivity contribution in [2.75, 3.05) is 27.4 Å². The second kappa shape index (κ2) is 43.9. The molecule has 0 amide bonds. The second-order valence-corrected chi connectivity index (χ2v) is 23.3. The number of ether oxygens (including phenoxy) is 4. The molecule has 0 aliphatic carbocycles. The number of hydrogen-bond donors (Lipinski definition) is 0. The molecule has 10 rings (SSSR count). The molecule has 6 aromatic carbocycles. The van der Waals surface area contributed by atoms with Crippen LogP contribution < -0.4 is 18.9 Å². The van der Waals surface area contributed by atoms with Gasteiger partial charge in [-0.15, -0.1) is 48.5 Å². The Hall–Kier alpha value is -6.92. The molecule has 0 radical (unpaired) electrons. The Morgan fingerprint density at radius 1 is 0.277 bits per heavy atom. The summed E-state index contributed by atoms with van der Waals surface area (Å²) in [5.74, 6) is 3.54. The number of pyridine rings is 4. The van der Waals surface area contributed by atoms with E-state index in [0.717, 1.165) is 139 Å². The number of aromatic nitrogens is 4. The molecule has 94 heavy (non-hydrogen) atoms. The maximum absolute atomic E-state index is 6.03. The van der Waals surface area contributed by atoms with Gasteiger partial charge in [0.1, 0.15) is 23.0 Å². The summed E-state index contributed by atoms with van der Waals surface area (Å²) in [6.45, 7) is 6.12. The van der Waals surface area contributed by atoms with Crippen molar-refractivity contribution in [2.24, 2.45) is 0 Å². The minimum atomic E-state index is 0.782. The van der Waals surface area contributed by atoms with Gasteiger partial charge in [-0.1, -0.05) is 249 Å². The summed E-state index contributed by atoms with van der Waals surface area (Å²) in [4.78, 5) is 19.0. The summed E-state index contributed by atoms with van der Waals surface area (Å²) in [5, 5.41) is 0. The Morgan fingerprint density at radius 3 is 0.723 bits per heavy atom. The van der Waals surface area contributed by atoms with Crippen molar-refractivity contribution >= 4 is 18.8 Å². The summed E-state index contributed by atoms with van der Waals surface area (Å²) < 4.78 is 22.5. The van der Waals surface area contributed by atoms with Gasteiger partial charge in [0, 0.05) is 47.6 Å². The quantitative estimate of drug-likeness (QED) is 0.0291. The molecule has 496 valence electrons. The first-order chi connectivity index (χ1) is 46.5. The molecule has 0 unspecified atom stereocenters. The minimum absolute atomic E-state index is 0.782. The molecule has 0 fully saturated rings. The van der Waals surface area contributed by atoms with E-state index in [0.29, 0.717) is 0 Å². The molecule has 10 aromatic rings. The monoisotopic (exact) mass is 1650 g/mol. The molecule has 8 nitrogen and oxygen atoms in total. The molecule has 0 saturated heterocycles. The van der Waals surface area contributed by atoms with Gasteiger partial charge in [-0.05, 0) is 106 Å². The molecule has 12 heteroatoms. The Kier molecular flexibility index (Phi) is 34.8. The molecule has 0 aliphatic heterocycles. The van der Waals surface area contributed by atoms with E-state index in [4.69, 9.17) is 28.9 Å². The number of rotatable bonds is 34. The first-order valence-corrected chi connectivity index (χ1v) is 39.0. The van der Waals surface area contributed by atoms with Crippen LogP contribution in [-0.4, -0.2) is 47.4 Å². The van der Waals surface area contributed by atoms with Crippen LogP contribution in [0.25, 0.3) is 89.5 Å². The third-order valence-corrected chi connectivity index (χ3v) is 16.5. The molecular weight excluding hydrogens is 1570 g/mol. The zero-order chi connectivity index (χ0) is 66.2. The molecule has 0 saturated carbocycles. The first-order valence-electron chi connectivity index (χ1n) is 33.4. The Balaban J connectivity index is 0.000000279. The van der Waals surface area contributed by atoms with E-state index < -0.39 is 0 Å². The van der Waals surface area contributed by atoms with E-state index in [9.17, 15) is 0 Å². The van der Waals surface area contributed by atoms with Crippen molar-refractivity contribution in [1.82, 2.24) is 19.9 Å². The van der Waals surface area contributed by atoms with Gasteiger partial charge in [0.25, 0.3) is 0 Å². The molecule has 0 aliphatic rings. The summed E-state index contributed by atoms with van der Waals surface area (Å²) in [5.41, 5.74) is 16.0. The van der Waals surface area contributed by atoms with Gasteiger partial charge in [0.05, 0.1) is 27.4 Å². The number of nitrogens with zero attached hydrogens (tertiary/aromatic N) is 4. The molecule has 4 heterocycles. The average molecular weight is 1660 g/mol. The van der Waals surface area contributed by atoms with Crippen LogP contribution in [0.2, 0.25) is 0 Å². The Bertz CT molecular complexity index is 3400. The second-order valence-electron chi connectivity index (χ2n) is 23.3. The topological polar surface area (TPSA) is 88.5 Å². The van der Waals surface area contributed by atoms with Crippen LogP contribution in [0.1, 0.15) is 142 Å². The Morgan fingerprint density at radius 2 is 0.500 bits per heavy atom. The predicted octanol–water partition coefficient (Wildman–Crippen LogP) is 23.9. The van der Waals surface area contributed by atoms with Crippen LogP contribution in [0, 0.1) is 12.1 Å². The zero-order valence-electron chi connectivity index (χ0n) is 55.0. The fourth-order valence-corrected chi connectivity index (χ4v) is 11.0. The van der Waals surface area contributed by atoms with Crippen molar-refractivity contribution < 1.29 is 56.5 Å². The van der Waals surface area contributed by atoms with Crippen LogP contribution in [-0.2, 0) is 37.5 Å². The van der Waals surface area contributed by atoms with E-state index in [1.165, 1.54) is 116 Å². The van der Waals surface area contributed by atoms with E-state index in [1.807, 2.05) is 104 Å². The SMILES string of the molecule is CCCCCCCCCCCCOc1ccc(-c2ccc(-c3[c-]c(-c4ccc(-c5ccc(OCCCCCCCCCCCC)cc5)cn4)ccc3)nc2)cc1.COc1ccc(-c2ccc(-c3[c-]c(-c4ccc(-c5ccc(OC)cc5)cn4)ccc3)nc2)cc1.[Cl][Pt+].[Cl][Pt+]. The van der Waals surface area contributed by atoms with E-state index in [-0.39, 0.29) is 0 Å². The van der Waals surface area contributed by atoms with Crippen LogP contribution in [0.3, 0.4) is 0 Å². The summed E-state index contributed by atoms with van der Waals surface area (Å²) in [6.07, 6.45) is 34.3. The van der Waals surface area contributed by atoms with E-state index in [2.05, 4.69) is 158 Å². The number of methoxy groups -OCH3 is 2. The molecule has 0 spiro atoms. The van der Waals surface area contributed by atoms with E-state index in [1.54, 1.807) is 51.8 Å². The molecule has 4 aromatic heterocycles. The van der Waals surface area contributed by atoms with Crippen LogP contribution in [0.15, 0.2) is 207 Å². The number of hydrogen-bond acceptors (Lipinski definition) is 8. The summed E-state index contributed by atoms with van der Waals surface area (Å²) >= 11 is 3.22.